The van der Waals surface area contributed by atoms with Crippen molar-refractivity contribution in [1.29, 1.82) is 0 Å². The van der Waals surface area contributed by atoms with Gasteiger partial charge >= 0.3 is 0 Å². The van der Waals surface area contributed by atoms with Crippen LogP contribution >= 0.6 is 11.6 Å². The van der Waals surface area contributed by atoms with Crippen molar-refractivity contribution in [2.75, 3.05) is 26.0 Å². The lowest BCUT2D eigenvalue weighted by molar-refractivity contribution is -0.123. The van der Waals surface area contributed by atoms with Crippen LogP contribution < -0.4 is 5.32 Å². The summed E-state index contributed by atoms with van der Waals surface area (Å²) in [7, 11) is 2.11. The van der Waals surface area contributed by atoms with E-state index in [-0.39, 0.29) is 11.8 Å². The molecule has 0 aromatic carbocycles. The van der Waals surface area contributed by atoms with Crippen LogP contribution in [0.2, 0.25) is 0 Å². The van der Waals surface area contributed by atoms with E-state index >= 15 is 0 Å². The van der Waals surface area contributed by atoms with Crippen LogP contribution in [0.25, 0.3) is 0 Å². The first-order valence-electron chi connectivity index (χ1n) is 5.19. The lowest BCUT2D eigenvalue weighted by Gasteiger charge is -2.16. The molecule has 0 aromatic heterocycles. The van der Waals surface area contributed by atoms with Gasteiger partial charge < -0.3 is 10.2 Å². The molecule has 82 valence electrons. The Morgan fingerprint density at radius 3 is 2.79 bits per heavy atom. The molecule has 0 aromatic rings. The first-order valence-corrected chi connectivity index (χ1v) is 5.72. The Morgan fingerprint density at radius 1 is 1.64 bits per heavy atom. The number of carbonyl (C=O) groups is 1. The van der Waals surface area contributed by atoms with Gasteiger partial charge in [0.05, 0.1) is 0 Å². The van der Waals surface area contributed by atoms with Crippen LogP contribution in [0.4, 0.5) is 0 Å². The van der Waals surface area contributed by atoms with E-state index in [1.54, 1.807) is 0 Å². The number of rotatable bonds is 6. The van der Waals surface area contributed by atoms with Crippen LogP contribution in [0.15, 0.2) is 0 Å². The highest BCUT2D eigenvalue weighted by Gasteiger charge is 2.25. The number of hydrogen-bond donors (Lipinski definition) is 1. The normalized spacial score (nSPS) is 18.3. The second kappa shape index (κ2) is 5.56. The van der Waals surface area contributed by atoms with Gasteiger partial charge in [0.2, 0.25) is 5.91 Å². The SMILES string of the molecule is CC(CCl)C(=O)NCCN(C)C1CC1. The van der Waals surface area contributed by atoms with Crippen molar-refractivity contribution in [2.45, 2.75) is 25.8 Å². The lowest BCUT2D eigenvalue weighted by atomic mass is 10.2. The van der Waals surface area contributed by atoms with Crippen molar-refractivity contribution in [3.05, 3.63) is 0 Å². The van der Waals surface area contributed by atoms with Gasteiger partial charge in [0, 0.05) is 30.9 Å². The molecule has 14 heavy (non-hydrogen) atoms. The number of nitrogens with zero attached hydrogens (tertiary/aromatic N) is 1. The number of alkyl halides is 1. The Bertz CT molecular complexity index is 195. The van der Waals surface area contributed by atoms with Crippen LogP contribution in [-0.4, -0.2) is 42.9 Å². The average molecular weight is 219 g/mol. The van der Waals surface area contributed by atoms with Gasteiger partial charge in [-0.1, -0.05) is 6.92 Å². The van der Waals surface area contributed by atoms with Crippen molar-refractivity contribution < 1.29 is 4.79 Å². The van der Waals surface area contributed by atoms with E-state index in [0.29, 0.717) is 5.88 Å². The van der Waals surface area contributed by atoms with Gasteiger partial charge in [0.25, 0.3) is 0 Å². The number of carbonyl (C=O) groups excluding carboxylic acids is 1. The Morgan fingerprint density at radius 2 is 2.29 bits per heavy atom. The summed E-state index contributed by atoms with van der Waals surface area (Å²) in [6.07, 6.45) is 2.62. The van der Waals surface area contributed by atoms with Gasteiger partial charge in [0.15, 0.2) is 0 Å². The minimum absolute atomic E-state index is 0.0594. The zero-order valence-electron chi connectivity index (χ0n) is 8.92. The molecule has 0 radical (unpaired) electrons. The highest BCUT2D eigenvalue weighted by molar-refractivity contribution is 6.19. The maximum absolute atomic E-state index is 11.3. The fourth-order valence-corrected chi connectivity index (χ4v) is 1.44. The summed E-state index contributed by atoms with van der Waals surface area (Å²) in [5.41, 5.74) is 0. The van der Waals surface area contributed by atoms with Gasteiger partial charge in [-0.2, -0.15) is 0 Å². The van der Waals surface area contributed by atoms with Gasteiger partial charge in [-0.05, 0) is 19.9 Å². The molecule has 1 amide bonds. The van der Waals surface area contributed by atoms with E-state index < -0.39 is 0 Å². The minimum Gasteiger partial charge on any atom is -0.355 e. The van der Waals surface area contributed by atoms with Crippen LogP contribution in [0, 0.1) is 5.92 Å². The molecule has 0 bridgehead atoms. The van der Waals surface area contributed by atoms with Crippen molar-refractivity contribution >= 4 is 17.5 Å². The highest BCUT2D eigenvalue weighted by Crippen LogP contribution is 2.24. The molecule has 1 saturated carbocycles. The molecule has 4 heteroatoms. The van der Waals surface area contributed by atoms with Crippen LogP contribution in [0.3, 0.4) is 0 Å². The van der Waals surface area contributed by atoms with E-state index in [1.807, 2.05) is 6.92 Å². The Balaban J connectivity index is 2.04. The summed E-state index contributed by atoms with van der Waals surface area (Å²) in [4.78, 5) is 13.6. The molecule has 0 aliphatic heterocycles. The second-order valence-corrected chi connectivity index (χ2v) is 4.37. The monoisotopic (exact) mass is 218 g/mol. The van der Waals surface area contributed by atoms with E-state index in [4.69, 9.17) is 11.6 Å². The van der Waals surface area contributed by atoms with E-state index in [9.17, 15) is 4.79 Å². The van der Waals surface area contributed by atoms with Crippen LogP contribution in [0.1, 0.15) is 19.8 Å². The van der Waals surface area contributed by atoms with Gasteiger partial charge in [-0.25, -0.2) is 0 Å². The molecular formula is C10H19ClN2O. The lowest BCUT2D eigenvalue weighted by Crippen LogP contribution is -2.36. The van der Waals surface area contributed by atoms with Gasteiger partial charge in [-0.3, -0.25) is 4.79 Å². The summed E-state index contributed by atoms with van der Waals surface area (Å²) in [5, 5.41) is 2.88. The fraction of sp³-hybridized carbons (Fsp3) is 0.900. The standard InChI is InChI=1S/C10H19ClN2O/c1-8(7-11)10(14)12-5-6-13(2)9-3-4-9/h8-9H,3-7H2,1-2H3,(H,12,14). The molecule has 1 atom stereocenters. The largest absolute Gasteiger partial charge is 0.355 e. The molecule has 1 N–H and O–H groups in total. The summed E-state index contributed by atoms with van der Waals surface area (Å²) >= 11 is 5.58. The van der Waals surface area contributed by atoms with Gasteiger partial charge in [0.1, 0.15) is 0 Å². The Kier molecular flexibility index (Phi) is 4.69. The third-order valence-corrected chi connectivity index (χ3v) is 3.08. The molecule has 3 nitrogen and oxygen atoms in total. The number of hydrogen-bond acceptors (Lipinski definition) is 2. The second-order valence-electron chi connectivity index (χ2n) is 4.06. The van der Waals surface area contributed by atoms with Crippen molar-refractivity contribution in [1.82, 2.24) is 10.2 Å². The molecule has 0 spiro atoms. The minimum atomic E-state index is -0.0807. The molecule has 1 rings (SSSR count). The van der Waals surface area contributed by atoms with E-state index in [0.717, 1.165) is 19.1 Å². The van der Waals surface area contributed by atoms with Crippen molar-refractivity contribution in [3.8, 4) is 0 Å². The molecule has 1 fully saturated rings. The van der Waals surface area contributed by atoms with Crippen molar-refractivity contribution in [2.24, 2.45) is 5.92 Å². The Labute approximate surface area is 90.8 Å². The molecule has 1 aliphatic carbocycles. The predicted octanol–water partition coefficient (Wildman–Crippen LogP) is 1.07. The average Bonchev–Trinajstić information content (AvgIpc) is 2.99. The Hall–Kier alpha value is -0.280. The van der Waals surface area contributed by atoms with Crippen LogP contribution in [-0.2, 0) is 4.79 Å². The highest BCUT2D eigenvalue weighted by atomic mass is 35.5. The van der Waals surface area contributed by atoms with Crippen LogP contribution in [0.5, 0.6) is 0 Å². The maximum Gasteiger partial charge on any atom is 0.224 e. The summed E-state index contributed by atoms with van der Waals surface area (Å²) in [5.74, 6) is 0.372. The molecule has 1 unspecified atom stereocenters. The number of nitrogens with one attached hydrogen (secondary N) is 1. The topological polar surface area (TPSA) is 32.3 Å². The first kappa shape index (κ1) is 11.8. The van der Waals surface area contributed by atoms with E-state index in [2.05, 4.69) is 17.3 Å². The molecule has 0 saturated heterocycles. The quantitative estimate of drug-likeness (QED) is 0.677. The van der Waals surface area contributed by atoms with Crippen molar-refractivity contribution in [3.63, 3.8) is 0 Å². The predicted molar refractivity (Wildman–Crippen MR) is 58.5 cm³/mol. The fourth-order valence-electron chi connectivity index (χ4n) is 1.30. The zero-order chi connectivity index (χ0) is 10.6. The smallest absolute Gasteiger partial charge is 0.224 e. The third kappa shape index (κ3) is 3.84. The summed E-state index contributed by atoms with van der Waals surface area (Å²) < 4.78 is 0. The number of halogens is 1. The maximum atomic E-state index is 11.3. The zero-order valence-corrected chi connectivity index (χ0v) is 9.68. The van der Waals surface area contributed by atoms with E-state index in [1.165, 1.54) is 12.8 Å². The number of likely N-dealkylation sites (N-methyl/N-ethyl adjacent to an activating group) is 1. The molecular weight excluding hydrogens is 200 g/mol. The van der Waals surface area contributed by atoms with Gasteiger partial charge in [-0.15, -0.1) is 11.6 Å². The first-order chi connectivity index (χ1) is 6.65. The molecule has 1 aliphatic rings. The summed E-state index contributed by atoms with van der Waals surface area (Å²) in [6.45, 7) is 3.51. The third-order valence-electron chi connectivity index (χ3n) is 2.61. The summed E-state index contributed by atoms with van der Waals surface area (Å²) in [6, 6.07) is 0.761. The molecule has 0 heterocycles. The number of amides is 1.